The van der Waals surface area contributed by atoms with E-state index in [2.05, 4.69) is 10.2 Å². The maximum atomic E-state index is 11.4. The van der Waals surface area contributed by atoms with Crippen molar-refractivity contribution in [2.75, 3.05) is 0 Å². The monoisotopic (exact) mass is 312 g/mol. The maximum absolute atomic E-state index is 11.4. The van der Waals surface area contributed by atoms with Crippen molar-refractivity contribution in [2.45, 2.75) is 4.90 Å². The summed E-state index contributed by atoms with van der Waals surface area (Å²) in [5, 5.41) is 16.4. The van der Waals surface area contributed by atoms with Crippen LogP contribution in [0.3, 0.4) is 0 Å². The van der Waals surface area contributed by atoms with Gasteiger partial charge in [0, 0.05) is 0 Å². The lowest BCUT2D eigenvalue weighted by atomic mass is 10.3. The van der Waals surface area contributed by atoms with Crippen molar-refractivity contribution in [1.29, 1.82) is 0 Å². The molecule has 2 aromatic rings. The normalized spacial score (nSPS) is 11.9. The molecule has 2 rings (SSSR count). The molecule has 0 saturated carbocycles. The van der Waals surface area contributed by atoms with Crippen molar-refractivity contribution in [3.05, 3.63) is 45.1 Å². The number of nitrogens with one attached hydrogen (secondary N) is 2. The van der Waals surface area contributed by atoms with Crippen molar-refractivity contribution < 1.29 is 18.1 Å². The summed E-state index contributed by atoms with van der Waals surface area (Å²) in [4.78, 5) is 25.7. The molecule has 0 aliphatic rings. The Morgan fingerprint density at radius 1 is 1.00 bits per heavy atom. The van der Waals surface area contributed by atoms with Crippen molar-refractivity contribution in [3.8, 4) is 5.88 Å². The molecule has 0 bridgehead atoms. The summed E-state index contributed by atoms with van der Waals surface area (Å²) >= 11 is 0. The topological polar surface area (TPSA) is 165 Å². The molecule has 0 amide bonds. The van der Waals surface area contributed by atoms with Crippen LogP contribution in [0.15, 0.2) is 49.0 Å². The highest BCUT2D eigenvalue weighted by Gasteiger charge is 2.09. The average Bonchev–Trinajstić information content (AvgIpc) is 2.37. The fraction of sp³-hybridized carbons (Fsp3) is 0. The Morgan fingerprint density at radius 3 is 2.14 bits per heavy atom. The number of azo groups is 1. The third-order valence-electron chi connectivity index (χ3n) is 2.30. The molecule has 21 heavy (non-hydrogen) atoms. The SMILES string of the molecule is O=c1[nH]c(O)c(N=Nc2ccc(S(=O)(=O)O)cc2)c(=O)[nH]1. The van der Waals surface area contributed by atoms with Crippen LogP contribution in [0.2, 0.25) is 0 Å². The lowest BCUT2D eigenvalue weighted by Crippen LogP contribution is -2.20. The molecule has 4 N–H and O–H groups in total. The second-order valence-electron chi connectivity index (χ2n) is 3.77. The number of hydrogen-bond acceptors (Lipinski definition) is 7. The molecule has 1 aromatic carbocycles. The lowest BCUT2D eigenvalue weighted by Gasteiger charge is -1.97. The Hall–Kier alpha value is -2.79. The molecule has 0 unspecified atom stereocenters. The van der Waals surface area contributed by atoms with Crippen LogP contribution in [-0.4, -0.2) is 28.0 Å². The molecule has 0 saturated heterocycles. The van der Waals surface area contributed by atoms with Gasteiger partial charge in [-0.05, 0) is 24.3 Å². The predicted octanol–water partition coefficient (Wildman–Crippen LogP) is 0.431. The summed E-state index contributed by atoms with van der Waals surface area (Å²) in [6.45, 7) is 0. The number of aromatic hydroxyl groups is 1. The second-order valence-corrected chi connectivity index (χ2v) is 5.20. The summed E-state index contributed by atoms with van der Waals surface area (Å²) in [5.74, 6) is -0.748. The molecule has 11 heteroatoms. The first-order valence-electron chi connectivity index (χ1n) is 5.32. The van der Waals surface area contributed by atoms with E-state index >= 15 is 0 Å². The molecule has 0 radical (unpaired) electrons. The molecule has 1 heterocycles. The van der Waals surface area contributed by atoms with Crippen LogP contribution in [0, 0.1) is 0 Å². The van der Waals surface area contributed by atoms with Crippen molar-refractivity contribution in [2.24, 2.45) is 10.2 Å². The van der Waals surface area contributed by atoms with E-state index in [0.717, 1.165) is 12.1 Å². The van der Waals surface area contributed by atoms with E-state index < -0.39 is 32.9 Å². The first kappa shape index (κ1) is 14.6. The Kier molecular flexibility index (Phi) is 3.69. The van der Waals surface area contributed by atoms with Crippen molar-refractivity contribution in [3.63, 3.8) is 0 Å². The van der Waals surface area contributed by atoms with Gasteiger partial charge in [-0.1, -0.05) is 0 Å². The van der Waals surface area contributed by atoms with E-state index in [1.807, 2.05) is 9.97 Å². The van der Waals surface area contributed by atoms with E-state index in [1.54, 1.807) is 0 Å². The van der Waals surface area contributed by atoms with Gasteiger partial charge in [-0.2, -0.15) is 13.5 Å². The third-order valence-corrected chi connectivity index (χ3v) is 3.17. The number of benzene rings is 1. The number of nitrogens with zero attached hydrogens (tertiary/aromatic N) is 2. The van der Waals surface area contributed by atoms with Crippen LogP contribution < -0.4 is 11.2 Å². The fourth-order valence-corrected chi connectivity index (χ4v) is 1.83. The molecular weight excluding hydrogens is 304 g/mol. The molecule has 0 atom stereocenters. The van der Waals surface area contributed by atoms with Gasteiger partial charge in [-0.25, -0.2) is 4.79 Å². The molecule has 0 fully saturated rings. The van der Waals surface area contributed by atoms with E-state index in [9.17, 15) is 23.1 Å². The molecule has 10 nitrogen and oxygen atoms in total. The van der Waals surface area contributed by atoms with E-state index in [1.165, 1.54) is 12.1 Å². The fourth-order valence-electron chi connectivity index (χ4n) is 1.35. The van der Waals surface area contributed by atoms with Crippen LogP contribution in [0.4, 0.5) is 11.4 Å². The molecule has 0 aliphatic carbocycles. The van der Waals surface area contributed by atoms with Gasteiger partial charge in [0.2, 0.25) is 11.6 Å². The van der Waals surface area contributed by atoms with E-state index in [-0.39, 0.29) is 10.6 Å². The highest BCUT2D eigenvalue weighted by Crippen LogP contribution is 2.21. The van der Waals surface area contributed by atoms with Gasteiger partial charge in [0.15, 0.2) is 0 Å². The van der Waals surface area contributed by atoms with Gasteiger partial charge in [-0.15, -0.1) is 5.11 Å². The Morgan fingerprint density at radius 2 is 1.62 bits per heavy atom. The minimum absolute atomic E-state index is 0.160. The summed E-state index contributed by atoms with van der Waals surface area (Å²) < 4.78 is 30.5. The molecule has 0 spiro atoms. The Balaban J connectivity index is 2.35. The first-order valence-corrected chi connectivity index (χ1v) is 6.76. The van der Waals surface area contributed by atoms with Crippen LogP contribution in [-0.2, 0) is 10.1 Å². The van der Waals surface area contributed by atoms with Crippen LogP contribution >= 0.6 is 0 Å². The van der Waals surface area contributed by atoms with Crippen molar-refractivity contribution in [1.82, 2.24) is 9.97 Å². The maximum Gasteiger partial charge on any atom is 0.328 e. The number of H-pyrrole nitrogens is 2. The molecular formula is C10H8N4O6S. The zero-order valence-electron chi connectivity index (χ0n) is 10.1. The Bertz CT molecular complexity index is 910. The quantitative estimate of drug-likeness (QED) is 0.474. The summed E-state index contributed by atoms with van der Waals surface area (Å²) in [7, 11) is -4.31. The van der Waals surface area contributed by atoms with Crippen LogP contribution in [0.25, 0.3) is 0 Å². The minimum atomic E-state index is -4.31. The molecule has 110 valence electrons. The lowest BCUT2D eigenvalue weighted by molar-refractivity contribution is 0.450. The number of hydrogen-bond donors (Lipinski definition) is 4. The first-order chi connectivity index (χ1) is 9.77. The number of aromatic nitrogens is 2. The van der Waals surface area contributed by atoms with Crippen LogP contribution in [0.1, 0.15) is 0 Å². The number of rotatable bonds is 3. The standard InChI is InChI=1S/C10H8N4O6S/c15-8-7(9(16)12-10(17)11-8)14-13-5-1-3-6(4-2-5)21(18,19)20/h1-4H,(H,18,19,20)(H3,11,12,15,16,17). The molecule has 0 aliphatic heterocycles. The zero-order valence-corrected chi connectivity index (χ0v) is 11.0. The minimum Gasteiger partial charge on any atom is -0.493 e. The highest BCUT2D eigenvalue weighted by molar-refractivity contribution is 7.85. The predicted molar refractivity (Wildman–Crippen MR) is 69.8 cm³/mol. The number of aromatic amines is 2. The highest BCUT2D eigenvalue weighted by atomic mass is 32.2. The molecule has 1 aromatic heterocycles. The van der Waals surface area contributed by atoms with Gasteiger partial charge in [-0.3, -0.25) is 19.3 Å². The van der Waals surface area contributed by atoms with Crippen LogP contribution in [0.5, 0.6) is 5.88 Å². The largest absolute Gasteiger partial charge is 0.493 e. The zero-order chi connectivity index (χ0) is 15.6. The third kappa shape index (κ3) is 3.40. The van der Waals surface area contributed by atoms with E-state index in [0.29, 0.717) is 0 Å². The van der Waals surface area contributed by atoms with Crippen molar-refractivity contribution >= 4 is 21.5 Å². The summed E-state index contributed by atoms with van der Waals surface area (Å²) in [6.07, 6.45) is 0. The van der Waals surface area contributed by atoms with Gasteiger partial charge in [0.25, 0.3) is 15.7 Å². The smallest absolute Gasteiger partial charge is 0.328 e. The van der Waals surface area contributed by atoms with Gasteiger partial charge >= 0.3 is 5.69 Å². The van der Waals surface area contributed by atoms with Gasteiger partial charge < -0.3 is 5.11 Å². The summed E-state index contributed by atoms with van der Waals surface area (Å²) in [5.41, 5.74) is -2.18. The second kappa shape index (κ2) is 5.30. The van der Waals surface area contributed by atoms with E-state index in [4.69, 9.17) is 4.55 Å². The van der Waals surface area contributed by atoms with Gasteiger partial charge in [0.1, 0.15) is 0 Å². The van der Waals surface area contributed by atoms with Gasteiger partial charge in [0.05, 0.1) is 10.6 Å². The average molecular weight is 312 g/mol. The Labute approximate surface area is 116 Å². The summed E-state index contributed by atoms with van der Waals surface area (Å²) in [6, 6.07) is 4.62.